The molecule has 0 amide bonds. The summed E-state index contributed by atoms with van der Waals surface area (Å²) in [5.74, 6) is -1.00. The second-order valence-corrected chi connectivity index (χ2v) is 4.03. The van der Waals surface area contributed by atoms with Crippen LogP contribution in [-0.2, 0) is 0 Å². The number of hydrogen-bond acceptors (Lipinski definition) is 1. The van der Waals surface area contributed by atoms with Crippen molar-refractivity contribution in [3.8, 4) is 16.9 Å². The number of para-hydroxylation sites is 1. The first-order chi connectivity index (χ1) is 8.87. The smallest absolute Gasteiger partial charge is 0.405 e. The topological polar surface area (TPSA) is 9.23 Å². The first-order valence-electron chi connectivity index (χ1n) is 5.48. The van der Waals surface area contributed by atoms with Crippen LogP contribution in [0.15, 0.2) is 42.5 Å². The Morgan fingerprint density at radius 2 is 1.63 bits per heavy atom. The highest BCUT2D eigenvalue weighted by Crippen LogP contribution is 2.35. The Morgan fingerprint density at radius 1 is 0.947 bits per heavy atom. The van der Waals surface area contributed by atoms with Crippen LogP contribution in [0.5, 0.6) is 5.75 Å². The van der Waals surface area contributed by atoms with Crippen molar-refractivity contribution in [2.75, 3.05) is 0 Å². The molecule has 0 spiro atoms. The van der Waals surface area contributed by atoms with Gasteiger partial charge in [-0.1, -0.05) is 30.3 Å². The van der Waals surface area contributed by atoms with E-state index in [1.165, 1.54) is 30.3 Å². The molecular weight excluding hydrogens is 260 g/mol. The van der Waals surface area contributed by atoms with Crippen LogP contribution in [0.4, 0.5) is 17.6 Å². The lowest BCUT2D eigenvalue weighted by Gasteiger charge is -2.13. The lowest BCUT2D eigenvalue weighted by Crippen LogP contribution is -2.17. The molecule has 0 saturated carbocycles. The fourth-order valence-corrected chi connectivity index (χ4v) is 1.74. The molecule has 0 aromatic heterocycles. The fraction of sp³-hybridized carbons (Fsp3) is 0.143. The van der Waals surface area contributed by atoms with E-state index in [9.17, 15) is 17.6 Å². The van der Waals surface area contributed by atoms with Gasteiger partial charge in [0.25, 0.3) is 0 Å². The van der Waals surface area contributed by atoms with Crippen LogP contribution in [0, 0.1) is 12.7 Å². The highest BCUT2D eigenvalue weighted by atomic mass is 19.4. The third-order valence-electron chi connectivity index (χ3n) is 2.53. The molecule has 0 aliphatic rings. The number of benzene rings is 2. The van der Waals surface area contributed by atoms with Gasteiger partial charge in [-0.15, -0.1) is 13.2 Å². The van der Waals surface area contributed by atoms with Crippen molar-refractivity contribution in [1.82, 2.24) is 0 Å². The van der Waals surface area contributed by atoms with Crippen molar-refractivity contribution in [3.63, 3.8) is 0 Å². The number of halogens is 4. The van der Waals surface area contributed by atoms with Crippen LogP contribution in [0.1, 0.15) is 5.56 Å². The molecule has 100 valence electrons. The minimum absolute atomic E-state index is 0.0670. The first-order valence-corrected chi connectivity index (χ1v) is 5.48. The molecule has 0 fully saturated rings. The zero-order valence-corrected chi connectivity index (χ0v) is 9.96. The van der Waals surface area contributed by atoms with E-state index in [2.05, 4.69) is 4.74 Å². The molecule has 0 bridgehead atoms. The van der Waals surface area contributed by atoms with Crippen LogP contribution < -0.4 is 4.74 Å². The third kappa shape index (κ3) is 3.24. The lowest BCUT2D eigenvalue weighted by atomic mass is 10.0. The number of ether oxygens (including phenoxy) is 1. The van der Waals surface area contributed by atoms with Gasteiger partial charge in [-0.2, -0.15) is 0 Å². The third-order valence-corrected chi connectivity index (χ3v) is 2.53. The maximum atomic E-state index is 13.8. The highest BCUT2D eigenvalue weighted by Gasteiger charge is 2.32. The van der Waals surface area contributed by atoms with Gasteiger partial charge in [-0.05, 0) is 24.6 Å². The van der Waals surface area contributed by atoms with E-state index in [-0.39, 0.29) is 11.1 Å². The van der Waals surface area contributed by atoms with Gasteiger partial charge in [-0.3, -0.25) is 0 Å². The number of rotatable bonds is 2. The van der Waals surface area contributed by atoms with Gasteiger partial charge in [0.05, 0.1) is 0 Å². The average molecular weight is 270 g/mol. The number of hydrogen-bond donors (Lipinski definition) is 0. The monoisotopic (exact) mass is 270 g/mol. The van der Waals surface area contributed by atoms with Crippen LogP contribution in [0.25, 0.3) is 11.1 Å². The Hall–Kier alpha value is -2.04. The summed E-state index contributed by atoms with van der Waals surface area (Å²) in [5, 5.41) is 0. The van der Waals surface area contributed by atoms with E-state index in [1.807, 2.05) is 0 Å². The van der Waals surface area contributed by atoms with E-state index in [0.717, 1.165) is 6.07 Å². The fourth-order valence-electron chi connectivity index (χ4n) is 1.74. The summed E-state index contributed by atoms with van der Waals surface area (Å²) in [6.07, 6.45) is -4.81. The Balaban J connectivity index is 2.50. The summed E-state index contributed by atoms with van der Waals surface area (Å²) >= 11 is 0. The van der Waals surface area contributed by atoms with Gasteiger partial charge in [0.15, 0.2) is 0 Å². The molecule has 0 aliphatic heterocycles. The van der Waals surface area contributed by atoms with Crippen molar-refractivity contribution in [1.29, 1.82) is 0 Å². The summed E-state index contributed by atoms with van der Waals surface area (Å²) in [6, 6.07) is 9.79. The molecule has 0 aliphatic carbocycles. The first kappa shape index (κ1) is 13.4. The zero-order chi connectivity index (χ0) is 14.0. The standard InChI is InChI=1S/C14H10F4O/c1-9-6-7-10(12(15)8-9)11-4-2-3-5-13(11)19-14(16,17)18/h2-8H,1H3. The van der Waals surface area contributed by atoms with Crippen molar-refractivity contribution < 1.29 is 22.3 Å². The number of aryl methyl sites for hydroxylation is 1. The predicted molar refractivity (Wildman–Crippen MR) is 63.3 cm³/mol. The second kappa shape index (κ2) is 4.91. The molecule has 0 atom stereocenters. The summed E-state index contributed by atoms with van der Waals surface area (Å²) in [4.78, 5) is 0. The second-order valence-electron chi connectivity index (χ2n) is 4.03. The highest BCUT2D eigenvalue weighted by molar-refractivity contribution is 5.71. The molecule has 0 N–H and O–H groups in total. The molecule has 0 radical (unpaired) electrons. The van der Waals surface area contributed by atoms with E-state index in [1.54, 1.807) is 13.0 Å². The maximum absolute atomic E-state index is 13.8. The van der Waals surface area contributed by atoms with Gasteiger partial charge >= 0.3 is 6.36 Å². The van der Waals surface area contributed by atoms with Crippen LogP contribution in [-0.4, -0.2) is 6.36 Å². The van der Waals surface area contributed by atoms with Crippen LogP contribution in [0.3, 0.4) is 0 Å². The average Bonchev–Trinajstić information content (AvgIpc) is 2.28. The molecule has 5 heteroatoms. The van der Waals surface area contributed by atoms with E-state index >= 15 is 0 Å². The minimum atomic E-state index is -4.81. The van der Waals surface area contributed by atoms with Gasteiger partial charge in [0.1, 0.15) is 11.6 Å². The van der Waals surface area contributed by atoms with Crippen LogP contribution >= 0.6 is 0 Å². The molecule has 0 unspecified atom stereocenters. The van der Waals surface area contributed by atoms with E-state index in [4.69, 9.17) is 0 Å². The lowest BCUT2D eigenvalue weighted by molar-refractivity contribution is -0.274. The largest absolute Gasteiger partial charge is 0.573 e. The Kier molecular flexibility index (Phi) is 3.46. The van der Waals surface area contributed by atoms with E-state index in [0.29, 0.717) is 5.56 Å². The quantitative estimate of drug-likeness (QED) is 0.719. The minimum Gasteiger partial charge on any atom is -0.405 e. The van der Waals surface area contributed by atoms with Gasteiger partial charge in [0.2, 0.25) is 0 Å². The molecular formula is C14H10F4O. The van der Waals surface area contributed by atoms with Gasteiger partial charge in [-0.25, -0.2) is 4.39 Å². The summed E-state index contributed by atoms with van der Waals surface area (Å²) in [7, 11) is 0. The van der Waals surface area contributed by atoms with Crippen molar-refractivity contribution >= 4 is 0 Å². The molecule has 0 heterocycles. The molecule has 2 aromatic carbocycles. The maximum Gasteiger partial charge on any atom is 0.573 e. The van der Waals surface area contributed by atoms with Crippen molar-refractivity contribution in [2.24, 2.45) is 0 Å². The van der Waals surface area contributed by atoms with E-state index < -0.39 is 17.9 Å². The zero-order valence-electron chi connectivity index (χ0n) is 9.96. The Labute approximate surface area is 107 Å². The molecule has 1 nitrogen and oxygen atoms in total. The molecule has 19 heavy (non-hydrogen) atoms. The molecule has 0 saturated heterocycles. The Bertz CT molecular complexity index is 590. The molecule has 2 rings (SSSR count). The predicted octanol–water partition coefficient (Wildman–Crippen LogP) is 4.70. The van der Waals surface area contributed by atoms with Crippen molar-refractivity contribution in [3.05, 3.63) is 53.8 Å². The number of alkyl halides is 3. The van der Waals surface area contributed by atoms with Gasteiger partial charge < -0.3 is 4.74 Å². The van der Waals surface area contributed by atoms with Gasteiger partial charge in [0, 0.05) is 11.1 Å². The van der Waals surface area contributed by atoms with Crippen molar-refractivity contribution in [2.45, 2.75) is 13.3 Å². The summed E-state index contributed by atoms with van der Waals surface area (Å²) in [5.41, 5.74) is 0.832. The Morgan fingerprint density at radius 3 is 2.26 bits per heavy atom. The normalized spacial score (nSPS) is 11.4. The SMILES string of the molecule is Cc1ccc(-c2ccccc2OC(F)(F)F)c(F)c1. The summed E-state index contributed by atoms with van der Waals surface area (Å²) < 4.78 is 54.6. The summed E-state index contributed by atoms with van der Waals surface area (Å²) in [6.45, 7) is 1.70. The van der Waals surface area contributed by atoms with Crippen LogP contribution in [0.2, 0.25) is 0 Å². The molecule has 2 aromatic rings.